The molecule has 2 heterocycles. The first-order chi connectivity index (χ1) is 13.8. The summed E-state index contributed by atoms with van der Waals surface area (Å²) in [5, 5.41) is 0. The van der Waals surface area contributed by atoms with Crippen LogP contribution >= 0.6 is 0 Å². The van der Waals surface area contributed by atoms with Crippen molar-refractivity contribution in [3.8, 4) is 17.1 Å². The van der Waals surface area contributed by atoms with Crippen LogP contribution in [0.5, 0.6) is 0 Å². The molecule has 0 amide bonds. The molecule has 0 spiro atoms. The summed E-state index contributed by atoms with van der Waals surface area (Å²) in [7, 11) is 0. The summed E-state index contributed by atoms with van der Waals surface area (Å²) >= 11 is 0. The van der Waals surface area contributed by atoms with Crippen molar-refractivity contribution in [1.29, 1.82) is 0 Å². The molecule has 0 atom stereocenters. The molecule has 5 aromatic rings. The van der Waals surface area contributed by atoms with Crippen molar-refractivity contribution in [1.82, 2.24) is 19.1 Å². The molecule has 0 fully saturated rings. The Morgan fingerprint density at radius 1 is 0.857 bits per heavy atom. The number of halogens is 1. The highest BCUT2D eigenvalue weighted by Crippen LogP contribution is 2.24. The molecular formula is C23H17FN4. The first-order valence-corrected chi connectivity index (χ1v) is 9.08. The molecule has 0 saturated heterocycles. The van der Waals surface area contributed by atoms with E-state index < -0.39 is 0 Å². The molecule has 5 rings (SSSR count). The van der Waals surface area contributed by atoms with Gasteiger partial charge in [-0.25, -0.2) is 14.4 Å². The second-order valence-corrected chi connectivity index (χ2v) is 6.58. The van der Waals surface area contributed by atoms with Crippen molar-refractivity contribution in [2.75, 3.05) is 0 Å². The zero-order valence-corrected chi connectivity index (χ0v) is 15.0. The number of fused-ring (bicyclic) bond motifs is 1. The maximum Gasteiger partial charge on any atom is 0.140 e. The lowest BCUT2D eigenvalue weighted by Crippen LogP contribution is -2.08. The van der Waals surface area contributed by atoms with Crippen molar-refractivity contribution >= 4 is 11.0 Å². The van der Waals surface area contributed by atoms with Crippen molar-refractivity contribution < 1.29 is 4.39 Å². The van der Waals surface area contributed by atoms with E-state index in [9.17, 15) is 4.39 Å². The lowest BCUT2D eigenvalue weighted by atomic mass is 10.2. The standard InChI is InChI=1S/C23H17FN4/c24-18-8-6-7-17(15-18)23-25-13-14-27(23)16-22-26-20-11-4-5-12-21(20)28(22)19-9-2-1-3-10-19/h1-15H,16H2. The molecule has 0 aliphatic rings. The third-order valence-corrected chi connectivity index (χ3v) is 4.75. The van der Waals surface area contributed by atoms with E-state index in [-0.39, 0.29) is 5.82 Å². The lowest BCUT2D eigenvalue weighted by Gasteiger charge is -2.12. The van der Waals surface area contributed by atoms with Gasteiger partial charge in [0.1, 0.15) is 17.5 Å². The molecule has 4 nitrogen and oxygen atoms in total. The van der Waals surface area contributed by atoms with E-state index in [1.807, 2.05) is 53.2 Å². The SMILES string of the molecule is Fc1cccc(-c2nccn2Cc2nc3ccccc3n2-c2ccccc2)c1. The summed E-state index contributed by atoms with van der Waals surface area (Å²) in [6, 6.07) is 24.8. The molecule has 5 heteroatoms. The fourth-order valence-corrected chi connectivity index (χ4v) is 3.52. The minimum atomic E-state index is -0.274. The average Bonchev–Trinajstić information content (AvgIpc) is 3.33. The second-order valence-electron chi connectivity index (χ2n) is 6.58. The molecule has 0 aliphatic carbocycles. The maximum atomic E-state index is 13.7. The Labute approximate surface area is 161 Å². The summed E-state index contributed by atoms with van der Waals surface area (Å²) in [5.41, 5.74) is 3.79. The van der Waals surface area contributed by atoms with E-state index >= 15 is 0 Å². The molecule has 0 unspecified atom stereocenters. The molecule has 136 valence electrons. The van der Waals surface area contributed by atoms with Crippen molar-refractivity contribution in [3.63, 3.8) is 0 Å². The summed E-state index contributed by atoms with van der Waals surface area (Å²) in [6.45, 7) is 0.523. The van der Waals surface area contributed by atoms with Crippen LogP contribution < -0.4 is 0 Å². The minimum absolute atomic E-state index is 0.274. The highest BCUT2D eigenvalue weighted by molar-refractivity contribution is 5.78. The predicted molar refractivity (Wildman–Crippen MR) is 108 cm³/mol. The fourth-order valence-electron chi connectivity index (χ4n) is 3.52. The van der Waals surface area contributed by atoms with Crippen molar-refractivity contribution in [2.45, 2.75) is 6.54 Å². The zero-order valence-electron chi connectivity index (χ0n) is 15.0. The number of benzene rings is 3. The van der Waals surface area contributed by atoms with Crippen molar-refractivity contribution in [3.05, 3.63) is 103 Å². The number of hydrogen-bond acceptors (Lipinski definition) is 2. The van der Waals surface area contributed by atoms with Crippen LogP contribution in [0.3, 0.4) is 0 Å². The molecule has 0 N–H and O–H groups in total. The Balaban J connectivity index is 1.64. The maximum absolute atomic E-state index is 13.7. The molecular weight excluding hydrogens is 351 g/mol. The molecule has 0 saturated carbocycles. The van der Waals surface area contributed by atoms with E-state index in [0.717, 1.165) is 28.1 Å². The van der Waals surface area contributed by atoms with Gasteiger partial charge in [-0.2, -0.15) is 0 Å². The summed E-state index contributed by atoms with van der Waals surface area (Å²) in [5.74, 6) is 1.33. The van der Waals surface area contributed by atoms with Gasteiger partial charge in [-0.05, 0) is 36.4 Å². The van der Waals surface area contributed by atoms with E-state index in [0.29, 0.717) is 12.4 Å². The van der Waals surface area contributed by atoms with Gasteiger partial charge in [0.05, 0.1) is 17.6 Å². The van der Waals surface area contributed by atoms with Gasteiger partial charge in [0, 0.05) is 23.6 Å². The first kappa shape index (κ1) is 16.4. The number of para-hydroxylation sites is 3. The van der Waals surface area contributed by atoms with Crippen molar-refractivity contribution in [2.24, 2.45) is 0 Å². The third-order valence-electron chi connectivity index (χ3n) is 4.75. The Kier molecular flexibility index (Phi) is 3.98. The Hall–Kier alpha value is -3.73. The van der Waals surface area contributed by atoms with Crippen LogP contribution in [0, 0.1) is 5.82 Å². The molecule has 0 radical (unpaired) electrons. The van der Waals surface area contributed by atoms with E-state index in [1.165, 1.54) is 12.1 Å². The van der Waals surface area contributed by atoms with Gasteiger partial charge in [0.15, 0.2) is 0 Å². The normalized spacial score (nSPS) is 11.2. The smallest absolute Gasteiger partial charge is 0.140 e. The van der Waals surface area contributed by atoms with E-state index in [2.05, 4.69) is 27.8 Å². The van der Waals surface area contributed by atoms with E-state index in [4.69, 9.17) is 4.98 Å². The van der Waals surface area contributed by atoms with Crippen LogP contribution in [0.4, 0.5) is 4.39 Å². The van der Waals surface area contributed by atoms with Crippen LogP contribution in [0.25, 0.3) is 28.1 Å². The number of imidazole rings is 2. The number of aromatic nitrogens is 4. The summed E-state index contributed by atoms with van der Waals surface area (Å²) in [4.78, 5) is 9.30. The number of nitrogens with zero attached hydrogens (tertiary/aromatic N) is 4. The lowest BCUT2D eigenvalue weighted by molar-refractivity contribution is 0.628. The second kappa shape index (κ2) is 6.78. The van der Waals surface area contributed by atoms with E-state index in [1.54, 1.807) is 12.3 Å². The zero-order chi connectivity index (χ0) is 18.9. The highest BCUT2D eigenvalue weighted by atomic mass is 19.1. The van der Waals surface area contributed by atoms with Crippen LogP contribution in [0.1, 0.15) is 5.82 Å². The number of rotatable bonds is 4. The van der Waals surface area contributed by atoms with Gasteiger partial charge in [-0.1, -0.05) is 42.5 Å². The molecule has 0 aliphatic heterocycles. The van der Waals surface area contributed by atoms with Gasteiger partial charge in [-0.15, -0.1) is 0 Å². The van der Waals surface area contributed by atoms with Gasteiger partial charge in [0.2, 0.25) is 0 Å². The fraction of sp³-hybridized carbons (Fsp3) is 0.0435. The van der Waals surface area contributed by atoms with Crippen LogP contribution in [-0.2, 0) is 6.54 Å². The van der Waals surface area contributed by atoms with Crippen LogP contribution in [-0.4, -0.2) is 19.1 Å². The first-order valence-electron chi connectivity index (χ1n) is 9.08. The Morgan fingerprint density at radius 3 is 2.54 bits per heavy atom. The van der Waals surface area contributed by atoms with Crippen LogP contribution in [0.15, 0.2) is 91.3 Å². The molecule has 0 bridgehead atoms. The molecule has 2 aromatic heterocycles. The Morgan fingerprint density at radius 2 is 1.68 bits per heavy atom. The quantitative estimate of drug-likeness (QED) is 0.444. The summed E-state index contributed by atoms with van der Waals surface area (Å²) < 4.78 is 17.8. The highest BCUT2D eigenvalue weighted by Gasteiger charge is 2.15. The largest absolute Gasteiger partial charge is 0.323 e. The number of hydrogen-bond donors (Lipinski definition) is 0. The van der Waals surface area contributed by atoms with Gasteiger partial charge in [0.25, 0.3) is 0 Å². The van der Waals surface area contributed by atoms with Gasteiger partial charge in [-0.3, -0.25) is 4.57 Å². The Bertz CT molecular complexity index is 1250. The minimum Gasteiger partial charge on any atom is -0.323 e. The van der Waals surface area contributed by atoms with Crippen LogP contribution in [0.2, 0.25) is 0 Å². The molecule has 28 heavy (non-hydrogen) atoms. The van der Waals surface area contributed by atoms with Gasteiger partial charge >= 0.3 is 0 Å². The topological polar surface area (TPSA) is 35.6 Å². The summed E-state index contributed by atoms with van der Waals surface area (Å²) in [6.07, 6.45) is 3.63. The third kappa shape index (κ3) is 2.87. The van der Waals surface area contributed by atoms with Gasteiger partial charge < -0.3 is 4.57 Å². The monoisotopic (exact) mass is 368 g/mol. The average molecular weight is 368 g/mol. The molecule has 3 aromatic carbocycles. The predicted octanol–water partition coefficient (Wildman–Crippen LogP) is 5.08.